The Morgan fingerprint density at radius 3 is 2.80 bits per heavy atom. The van der Waals surface area contributed by atoms with Gasteiger partial charge in [-0.25, -0.2) is 0 Å². The van der Waals surface area contributed by atoms with Gasteiger partial charge in [-0.1, -0.05) is 13.0 Å². The highest BCUT2D eigenvalue weighted by atomic mass is 16.5. The molecule has 0 aliphatic carbocycles. The molecule has 0 spiro atoms. The van der Waals surface area contributed by atoms with Crippen LogP contribution in [0.1, 0.15) is 30.6 Å². The third-order valence-corrected chi connectivity index (χ3v) is 3.15. The molecule has 0 aromatic carbocycles. The van der Waals surface area contributed by atoms with Gasteiger partial charge in [0.05, 0.1) is 18.8 Å². The Hall–Kier alpha value is -1.94. The highest BCUT2D eigenvalue weighted by Gasteiger charge is 2.17. The Bertz CT molecular complexity index is 516. The summed E-state index contributed by atoms with van der Waals surface area (Å²) in [5, 5.41) is 3.54. The first-order valence-corrected chi connectivity index (χ1v) is 6.96. The second-order valence-electron chi connectivity index (χ2n) is 4.66. The first kappa shape index (κ1) is 14.5. The molecule has 1 N–H and O–H groups in total. The predicted octanol–water partition coefficient (Wildman–Crippen LogP) is 2.77. The zero-order chi connectivity index (χ0) is 14.2. The van der Waals surface area contributed by atoms with Crippen molar-refractivity contribution in [1.29, 1.82) is 0 Å². The van der Waals surface area contributed by atoms with E-state index in [1.807, 2.05) is 30.6 Å². The lowest BCUT2D eigenvalue weighted by atomic mass is 10.0. The first-order chi connectivity index (χ1) is 9.85. The molecule has 0 amide bonds. The lowest BCUT2D eigenvalue weighted by Gasteiger charge is -2.20. The van der Waals surface area contributed by atoms with E-state index in [2.05, 4.69) is 28.3 Å². The molecule has 106 valence electrons. The van der Waals surface area contributed by atoms with Gasteiger partial charge in [-0.15, -0.1) is 0 Å². The Labute approximate surface area is 120 Å². The first-order valence-electron chi connectivity index (χ1n) is 6.96. The molecular weight excluding hydrogens is 250 g/mol. The Morgan fingerprint density at radius 1 is 1.25 bits per heavy atom. The normalized spacial score (nSPS) is 12.1. The number of pyridine rings is 2. The molecule has 2 aromatic heterocycles. The average Bonchev–Trinajstić information content (AvgIpc) is 2.52. The van der Waals surface area contributed by atoms with Crippen molar-refractivity contribution in [2.45, 2.75) is 25.8 Å². The second kappa shape index (κ2) is 7.60. The smallest absolute Gasteiger partial charge is 0.141 e. The van der Waals surface area contributed by atoms with E-state index in [4.69, 9.17) is 4.74 Å². The second-order valence-corrected chi connectivity index (χ2v) is 4.66. The molecule has 4 nitrogen and oxygen atoms in total. The summed E-state index contributed by atoms with van der Waals surface area (Å²) < 4.78 is 5.43. The monoisotopic (exact) mass is 271 g/mol. The maximum Gasteiger partial charge on any atom is 0.141 e. The van der Waals surface area contributed by atoms with Crippen LogP contribution in [-0.2, 0) is 6.42 Å². The molecule has 0 saturated carbocycles. The van der Waals surface area contributed by atoms with E-state index >= 15 is 0 Å². The van der Waals surface area contributed by atoms with E-state index in [1.165, 1.54) is 5.56 Å². The van der Waals surface area contributed by atoms with E-state index in [9.17, 15) is 0 Å². The summed E-state index contributed by atoms with van der Waals surface area (Å²) in [4.78, 5) is 8.67. The van der Waals surface area contributed by atoms with Gasteiger partial charge in [-0.3, -0.25) is 9.97 Å². The summed E-state index contributed by atoms with van der Waals surface area (Å²) in [5.41, 5.74) is 2.14. The number of hydrogen-bond donors (Lipinski definition) is 1. The van der Waals surface area contributed by atoms with Gasteiger partial charge in [-0.2, -0.15) is 0 Å². The van der Waals surface area contributed by atoms with Gasteiger partial charge < -0.3 is 10.1 Å². The summed E-state index contributed by atoms with van der Waals surface area (Å²) in [6.45, 7) is 3.11. The van der Waals surface area contributed by atoms with Crippen molar-refractivity contribution in [2.24, 2.45) is 0 Å². The van der Waals surface area contributed by atoms with Crippen molar-refractivity contribution < 1.29 is 4.74 Å². The van der Waals surface area contributed by atoms with Crippen molar-refractivity contribution in [3.8, 4) is 5.75 Å². The lowest BCUT2D eigenvalue weighted by molar-refractivity contribution is 0.393. The molecule has 0 bridgehead atoms. The number of nitrogens with zero attached hydrogens (tertiary/aromatic N) is 2. The van der Waals surface area contributed by atoms with E-state index in [0.717, 1.165) is 30.8 Å². The number of hydrogen-bond acceptors (Lipinski definition) is 4. The van der Waals surface area contributed by atoms with Crippen LogP contribution in [-0.4, -0.2) is 23.6 Å². The van der Waals surface area contributed by atoms with Crippen LogP contribution in [0.2, 0.25) is 0 Å². The molecule has 0 fully saturated rings. The van der Waals surface area contributed by atoms with Gasteiger partial charge in [0.1, 0.15) is 5.75 Å². The summed E-state index contributed by atoms with van der Waals surface area (Å²) in [5.74, 6) is 0.824. The lowest BCUT2D eigenvalue weighted by Crippen LogP contribution is -2.25. The molecule has 0 radical (unpaired) electrons. The Morgan fingerprint density at radius 2 is 2.10 bits per heavy atom. The van der Waals surface area contributed by atoms with Crippen molar-refractivity contribution in [3.63, 3.8) is 0 Å². The van der Waals surface area contributed by atoms with Gasteiger partial charge in [0.15, 0.2) is 0 Å². The fourth-order valence-electron chi connectivity index (χ4n) is 2.18. The van der Waals surface area contributed by atoms with Crippen molar-refractivity contribution in [2.75, 3.05) is 13.7 Å². The minimum absolute atomic E-state index is 0.135. The van der Waals surface area contributed by atoms with Crippen LogP contribution in [0.25, 0.3) is 0 Å². The van der Waals surface area contributed by atoms with Crippen LogP contribution in [0.15, 0.2) is 42.9 Å². The van der Waals surface area contributed by atoms with Crippen LogP contribution in [0.4, 0.5) is 0 Å². The van der Waals surface area contributed by atoms with Crippen LogP contribution in [0.5, 0.6) is 5.75 Å². The summed E-state index contributed by atoms with van der Waals surface area (Å²) >= 11 is 0. The number of methoxy groups -OCH3 is 1. The molecule has 2 heterocycles. The van der Waals surface area contributed by atoms with Crippen LogP contribution >= 0.6 is 0 Å². The quantitative estimate of drug-likeness (QED) is 0.841. The highest BCUT2D eigenvalue weighted by Crippen LogP contribution is 2.25. The molecule has 1 unspecified atom stereocenters. The summed E-state index contributed by atoms with van der Waals surface area (Å²) in [6, 6.07) is 8.02. The van der Waals surface area contributed by atoms with E-state index in [0.29, 0.717) is 0 Å². The fourth-order valence-corrected chi connectivity index (χ4v) is 2.18. The zero-order valence-electron chi connectivity index (χ0n) is 12.0. The van der Waals surface area contributed by atoms with E-state index in [-0.39, 0.29) is 6.04 Å². The van der Waals surface area contributed by atoms with Crippen molar-refractivity contribution >= 4 is 0 Å². The van der Waals surface area contributed by atoms with Gasteiger partial charge in [0.25, 0.3) is 0 Å². The number of rotatable bonds is 7. The molecule has 2 aromatic rings. The standard InChI is InChI=1S/C16H21N3O/c1-3-8-18-14(11-13-6-4-9-17-12-13)16-15(20-2)7-5-10-19-16/h4-7,9-10,12,14,18H,3,8,11H2,1-2H3. The zero-order valence-corrected chi connectivity index (χ0v) is 12.0. The van der Waals surface area contributed by atoms with Gasteiger partial charge in [0, 0.05) is 18.6 Å². The molecule has 1 atom stereocenters. The van der Waals surface area contributed by atoms with Crippen LogP contribution < -0.4 is 10.1 Å². The molecule has 20 heavy (non-hydrogen) atoms. The maximum atomic E-state index is 5.43. The average molecular weight is 271 g/mol. The predicted molar refractivity (Wildman–Crippen MR) is 79.8 cm³/mol. The maximum absolute atomic E-state index is 5.43. The van der Waals surface area contributed by atoms with Crippen molar-refractivity contribution in [1.82, 2.24) is 15.3 Å². The minimum atomic E-state index is 0.135. The van der Waals surface area contributed by atoms with E-state index < -0.39 is 0 Å². The topological polar surface area (TPSA) is 47.0 Å². The van der Waals surface area contributed by atoms with Gasteiger partial charge in [0.2, 0.25) is 0 Å². The SMILES string of the molecule is CCCNC(Cc1cccnc1)c1ncccc1OC. The highest BCUT2D eigenvalue weighted by molar-refractivity contribution is 5.30. The minimum Gasteiger partial charge on any atom is -0.495 e. The third kappa shape index (κ3) is 3.78. The molecule has 0 saturated heterocycles. The molecular formula is C16H21N3O. The molecule has 0 aliphatic heterocycles. The third-order valence-electron chi connectivity index (χ3n) is 3.15. The molecule has 4 heteroatoms. The van der Waals surface area contributed by atoms with E-state index in [1.54, 1.807) is 13.3 Å². The molecule has 2 rings (SSSR count). The molecule has 0 aliphatic rings. The van der Waals surface area contributed by atoms with Crippen LogP contribution in [0, 0.1) is 0 Å². The number of nitrogens with one attached hydrogen (secondary N) is 1. The summed E-state index contributed by atoms with van der Waals surface area (Å²) in [7, 11) is 1.68. The van der Waals surface area contributed by atoms with Gasteiger partial charge >= 0.3 is 0 Å². The number of ether oxygens (including phenoxy) is 1. The van der Waals surface area contributed by atoms with Crippen LogP contribution in [0.3, 0.4) is 0 Å². The number of aromatic nitrogens is 2. The Balaban J connectivity index is 2.22. The van der Waals surface area contributed by atoms with Crippen molar-refractivity contribution in [3.05, 3.63) is 54.1 Å². The summed E-state index contributed by atoms with van der Waals surface area (Å²) in [6.07, 6.45) is 7.43. The Kier molecular flexibility index (Phi) is 5.50. The van der Waals surface area contributed by atoms with Gasteiger partial charge in [-0.05, 0) is 43.1 Å². The largest absolute Gasteiger partial charge is 0.495 e. The fraction of sp³-hybridized carbons (Fsp3) is 0.375.